The molecule has 0 aliphatic rings. The largest absolute Gasteiger partial charge is 0.487 e. The lowest BCUT2D eigenvalue weighted by atomic mass is 10.2. The Kier molecular flexibility index (Phi) is 6.76. The minimum absolute atomic E-state index is 0.268. The van der Waals surface area contributed by atoms with Crippen molar-refractivity contribution in [1.29, 1.82) is 0 Å². The summed E-state index contributed by atoms with van der Waals surface area (Å²) in [6, 6.07) is 13.9. The summed E-state index contributed by atoms with van der Waals surface area (Å²) in [7, 11) is 1.32. The molecule has 0 atom stereocenters. The second-order valence-corrected chi connectivity index (χ2v) is 7.17. The van der Waals surface area contributed by atoms with Gasteiger partial charge in [-0.3, -0.25) is 4.79 Å². The summed E-state index contributed by atoms with van der Waals surface area (Å²) in [6.45, 7) is 2.39. The minimum Gasteiger partial charge on any atom is -0.487 e. The van der Waals surface area contributed by atoms with Crippen LogP contribution in [-0.2, 0) is 16.1 Å². The van der Waals surface area contributed by atoms with Gasteiger partial charge < -0.3 is 14.8 Å². The van der Waals surface area contributed by atoms with Crippen molar-refractivity contribution >= 4 is 35.0 Å². The topological polar surface area (TPSA) is 77.5 Å². The normalized spacial score (nSPS) is 10.7. The van der Waals surface area contributed by atoms with Gasteiger partial charge in [0.1, 0.15) is 12.4 Å². The molecule has 7 heteroatoms. The van der Waals surface area contributed by atoms with Crippen molar-refractivity contribution in [1.82, 2.24) is 4.98 Å². The molecule has 1 N–H and O–H groups in total. The standard InChI is InChI=1S/C22H20N2O4S/c1-15-23-19(14-29-15)13-28-20-10-3-16(4-11-20)5-12-21(25)24-18-8-6-17(7-9-18)22(26)27-2/h3-12,14H,13H2,1-2H3,(H,24,25)/b12-5+. The van der Waals surface area contributed by atoms with Gasteiger partial charge in [-0.05, 0) is 55.0 Å². The van der Waals surface area contributed by atoms with E-state index in [1.54, 1.807) is 41.7 Å². The fourth-order valence-electron chi connectivity index (χ4n) is 2.47. The molecule has 2 aromatic carbocycles. The first-order valence-corrected chi connectivity index (χ1v) is 9.73. The van der Waals surface area contributed by atoms with E-state index in [-0.39, 0.29) is 5.91 Å². The highest BCUT2D eigenvalue weighted by Crippen LogP contribution is 2.16. The lowest BCUT2D eigenvalue weighted by Gasteiger charge is -2.05. The Hall–Kier alpha value is -3.45. The van der Waals surface area contributed by atoms with E-state index in [0.29, 0.717) is 17.9 Å². The first-order chi connectivity index (χ1) is 14.0. The van der Waals surface area contributed by atoms with Gasteiger partial charge >= 0.3 is 5.97 Å². The summed E-state index contributed by atoms with van der Waals surface area (Å²) >= 11 is 1.60. The van der Waals surface area contributed by atoms with Crippen LogP contribution in [0.25, 0.3) is 6.08 Å². The van der Waals surface area contributed by atoms with Gasteiger partial charge in [0, 0.05) is 17.1 Å². The average molecular weight is 408 g/mol. The summed E-state index contributed by atoms with van der Waals surface area (Å²) in [4.78, 5) is 27.8. The second kappa shape index (κ2) is 9.66. The Bertz CT molecular complexity index is 1010. The molecule has 0 unspecified atom stereocenters. The number of esters is 1. The van der Waals surface area contributed by atoms with Gasteiger partial charge in [-0.1, -0.05) is 12.1 Å². The summed E-state index contributed by atoms with van der Waals surface area (Å²) < 4.78 is 10.4. The molecule has 1 amide bonds. The van der Waals surface area contributed by atoms with Crippen molar-refractivity contribution in [3.63, 3.8) is 0 Å². The fraction of sp³-hybridized carbons (Fsp3) is 0.136. The molecule has 0 bridgehead atoms. The van der Waals surface area contributed by atoms with Crippen LogP contribution < -0.4 is 10.1 Å². The Morgan fingerprint density at radius 2 is 1.83 bits per heavy atom. The average Bonchev–Trinajstić information content (AvgIpc) is 3.16. The zero-order chi connectivity index (χ0) is 20.6. The van der Waals surface area contributed by atoms with E-state index in [1.165, 1.54) is 13.2 Å². The molecule has 0 aliphatic carbocycles. The van der Waals surface area contributed by atoms with Gasteiger partial charge in [-0.25, -0.2) is 9.78 Å². The number of carbonyl (C=O) groups is 2. The van der Waals surface area contributed by atoms with Crippen molar-refractivity contribution in [3.8, 4) is 5.75 Å². The molecule has 1 heterocycles. The third kappa shape index (κ3) is 6.02. The van der Waals surface area contributed by atoms with E-state index < -0.39 is 5.97 Å². The molecule has 6 nitrogen and oxygen atoms in total. The van der Waals surface area contributed by atoms with Crippen LogP contribution in [0.15, 0.2) is 60.0 Å². The predicted molar refractivity (Wildman–Crippen MR) is 113 cm³/mol. The highest BCUT2D eigenvalue weighted by Gasteiger charge is 2.05. The summed E-state index contributed by atoms with van der Waals surface area (Å²) in [5.41, 5.74) is 2.80. The van der Waals surface area contributed by atoms with E-state index in [9.17, 15) is 9.59 Å². The number of hydrogen-bond acceptors (Lipinski definition) is 6. The van der Waals surface area contributed by atoms with Gasteiger partial charge in [-0.15, -0.1) is 11.3 Å². The Balaban J connectivity index is 1.51. The van der Waals surface area contributed by atoms with Gasteiger partial charge in [0.25, 0.3) is 0 Å². The molecule has 0 spiro atoms. The van der Waals surface area contributed by atoms with Gasteiger partial charge in [-0.2, -0.15) is 0 Å². The molecule has 0 saturated heterocycles. The fourth-order valence-corrected chi connectivity index (χ4v) is 3.07. The van der Waals surface area contributed by atoms with Crippen LogP contribution in [0.5, 0.6) is 5.75 Å². The number of nitrogens with zero attached hydrogens (tertiary/aromatic N) is 1. The second-order valence-electron chi connectivity index (χ2n) is 6.11. The molecule has 29 heavy (non-hydrogen) atoms. The number of ether oxygens (including phenoxy) is 2. The Labute approximate surface area is 172 Å². The number of nitrogens with one attached hydrogen (secondary N) is 1. The lowest BCUT2D eigenvalue weighted by molar-refractivity contribution is -0.111. The van der Waals surface area contributed by atoms with Crippen LogP contribution in [0.3, 0.4) is 0 Å². The van der Waals surface area contributed by atoms with Crippen molar-refractivity contribution in [2.24, 2.45) is 0 Å². The van der Waals surface area contributed by atoms with Gasteiger partial charge in [0.05, 0.1) is 23.4 Å². The van der Waals surface area contributed by atoms with E-state index in [0.717, 1.165) is 22.0 Å². The SMILES string of the molecule is COC(=O)c1ccc(NC(=O)/C=C/c2ccc(OCc3csc(C)n3)cc2)cc1. The van der Waals surface area contributed by atoms with Crippen LogP contribution in [0, 0.1) is 6.92 Å². The molecule has 3 aromatic rings. The molecule has 3 rings (SSSR count). The number of aromatic nitrogens is 1. The summed E-state index contributed by atoms with van der Waals surface area (Å²) in [5, 5.41) is 5.74. The van der Waals surface area contributed by atoms with Crippen molar-refractivity contribution in [3.05, 3.63) is 81.8 Å². The predicted octanol–water partition coefficient (Wildman–Crippen LogP) is 4.47. The summed E-state index contributed by atoms with van der Waals surface area (Å²) in [6.07, 6.45) is 3.16. The molecule has 0 aliphatic heterocycles. The van der Waals surface area contributed by atoms with Crippen molar-refractivity contribution in [2.45, 2.75) is 13.5 Å². The van der Waals surface area contributed by atoms with E-state index >= 15 is 0 Å². The van der Waals surface area contributed by atoms with Crippen molar-refractivity contribution in [2.75, 3.05) is 12.4 Å². The van der Waals surface area contributed by atoms with Gasteiger partial charge in [0.2, 0.25) is 5.91 Å². The number of thiazole rings is 1. The van der Waals surface area contributed by atoms with Crippen LogP contribution in [-0.4, -0.2) is 24.0 Å². The number of hydrogen-bond donors (Lipinski definition) is 1. The number of aryl methyl sites for hydroxylation is 1. The minimum atomic E-state index is -0.420. The molecule has 0 radical (unpaired) electrons. The first kappa shape index (κ1) is 20.3. The highest BCUT2D eigenvalue weighted by atomic mass is 32.1. The number of carbonyl (C=O) groups excluding carboxylic acids is 2. The molecule has 1 aromatic heterocycles. The molecule has 0 saturated carbocycles. The third-order valence-electron chi connectivity index (χ3n) is 3.93. The van der Waals surface area contributed by atoms with Crippen LogP contribution >= 0.6 is 11.3 Å². The van der Waals surface area contributed by atoms with Crippen LogP contribution in [0.4, 0.5) is 5.69 Å². The van der Waals surface area contributed by atoms with Gasteiger partial charge in [0.15, 0.2) is 0 Å². The summed E-state index contributed by atoms with van der Waals surface area (Å²) in [5.74, 6) is 0.0508. The Morgan fingerprint density at radius 3 is 2.45 bits per heavy atom. The number of anilines is 1. The Morgan fingerprint density at radius 1 is 1.10 bits per heavy atom. The number of benzene rings is 2. The van der Waals surface area contributed by atoms with E-state index in [4.69, 9.17) is 4.74 Å². The first-order valence-electron chi connectivity index (χ1n) is 8.85. The maximum absolute atomic E-state index is 12.1. The zero-order valence-corrected chi connectivity index (χ0v) is 16.9. The lowest BCUT2D eigenvalue weighted by Crippen LogP contribution is -2.08. The zero-order valence-electron chi connectivity index (χ0n) is 16.0. The van der Waals surface area contributed by atoms with E-state index in [2.05, 4.69) is 15.0 Å². The maximum atomic E-state index is 12.1. The smallest absolute Gasteiger partial charge is 0.337 e. The third-order valence-corrected chi connectivity index (χ3v) is 4.76. The van der Waals surface area contributed by atoms with Crippen molar-refractivity contribution < 1.29 is 19.1 Å². The number of amides is 1. The maximum Gasteiger partial charge on any atom is 0.337 e. The molecule has 0 fully saturated rings. The molecular formula is C22H20N2O4S. The van der Waals surface area contributed by atoms with E-state index in [1.807, 2.05) is 36.6 Å². The van der Waals surface area contributed by atoms with Crippen LogP contribution in [0.2, 0.25) is 0 Å². The highest BCUT2D eigenvalue weighted by molar-refractivity contribution is 7.09. The monoisotopic (exact) mass is 408 g/mol. The van der Waals surface area contributed by atoms with Crippen LogP contribution in [0.1, 0.15) is 26.6 Å². The number of methoxy groups -OCH3 is 1. The molecular weight excluding hydrogens is 388 g/mol. The quantitative estimate of drug-likeness (QED) is 0.461. The molecule has 148 valence electrons. The number of rotatable bonds is 7.